The van der Waals surface area contributed by atoms with Crippen LogP contribution < -0.4 is 35.0 Å². The topological polar surface area (TPSA) is 72.0 Å². The van der Waals surface area contributed by atoms with E-state index in [0.717, 1.165) is 75.3 Å². The van der Waals surface area contributed by atoms with E-state index in [0.29, 0.717) is 17.6 Å². The van der Waals surface area contributed by atoms with Crippen LogP contribution in [-0.2, 0) is 6.54 Å². The van der Waals surface area contributed by atoms with E-state index >= 15 is 0 Å². The van der Waals surface area contributed by atoms with Crippen molar-refractivity contribution in [1.82, 2.24) is 15.3 Å². The second-order valence-corrected chi connectivity index (χ2v) is 11.1. The Bertz CT molecular complexity index is 1390. The molecule has 222 valence electrons. The van der Waals surface area contributed by atoms with Crippen LogP contribution in [0.15, 0.2) is 91.0 Å². The summed E-state index contributed by atoms with van der Waals surface area (Å²) in [4.78, 5) is 19.4. The number of benzene rings is 3. The minimum Gasteiger partial charge on any atom is -0.497 e. The number of piperazine rings is 2. The van der Waals surface area contributed by atoms with Crippen LogP contribution in [-0.4, -0.2) is 74.5 Å². The van der Waals surface area contributed by atoms with Crippen molar-refractivity contribution < 1.29 is 4.74 Å². The van der Waals surface area contributed by atoms with Crippen molar-refractivity contribution in [3.8, 4) is 5.75 Å². The fraction of sp³-hybridized carbons (Fsp3) is 0.303. The molecule has 0 saturated carbocycles. The summed E-state index contributed by atoms with van der Waals surface area (Å²) >= 11 is 5.65. The van der Waals surface area contributed by atoms with Gasteiger partial charge < -0.3 is 35.0 Å². The lowest BCUT2D eigenvalue weighted by atomic mass is 10.2. The molecular weight excluding hydrogens is 556 g/mol. The van der Waals surface area contributed by atoms with Gasteiger partial charge in [-0.05, 0) is 54.2 Å². The van der Waals surface area contributed by atoms with Gasteiger partial charge in [0, 0.05) is 76.3 Å². The van der Waals surface area contributed by atoms with Gasteiger partial charge in [0.1, 0.15) is 17.4 Å². The Hall–Kier alpha value is -4.57. The highest BCUT2D eigenvalue weighted by atomic mass is 32.1. The zero-order valence-electron chi connectivity index (χ0n) is 24.5. The molecule has 0 atom stereocenters. The summed E-state index contributed by atoms with van der Waals surface area (Å²) in [6.07, 6.45) is 0. The smallest absolute Gasteiger partial charge is 0.232 e. The molecule has 10 heteroatoms. The van der Waals surface area contributed by atoms with E-state index in [4.69, 9.17) is 26.9 Å². The van der Waals surface area contributed by atoms with E-state index < -0.39 is 0 Å². The molecule has 3 aromatic carbocycles. The summed E-state index contributed by atoms with van der Waals surface area (Å²) in [6, 6.07) is 31.3. The average molecular weight is 595 g/mol. The van der Waals surface area contributed by atoms with Gasteiger partial charge in [0.2, 0.25) is 5.95 Å². The van der Waals surface area contributed by atoms with Crippen LogP contribution in [0.3, 0.4) is 0 Å². The monoisotopic (exact) mass is 594 g/mol. The van der Waals surface area contributed by atoms with Gasteiger partial charge in [0.25, 0.3) is 0 Å². The van der Waals surface area contributed by atoms with Crippen molar-refractivity contribution in [2.75, 3.05) is 84.4 Å². The molecule has 2 N–H and O–H groups in total. The first kappa shape index (κ1) is 28.5. The second-order valence-electron chi connectivity index (χ2n) is 10.7. The fourth-order valence-electron chi connectivity index (χ4n) is 5.54. The summed E-state index contributed by atoms with van der Waals surface area (Å²) in [5, 5.41) is 7.04. The fourth-order valence-corrected chi connectivity index (χ4v) is 5.70. The van der Waals surface area contributed by atoms with Crippen molar-refractivity contribution >= 4 is 46.3 Å². The molecule has 2 fully saturated rings. The number of aromatic nitrogens is 2. The van der Waals surface area contributed by atoms with E-state index in [1.54, 1.807) is 7.11 Å². The third-order valence-electron chi connectivity index (χ3n) is 7.99. The molecule has 2 saturated heterocycles. The molecule has 43 heavy (non-hydrogen) atoms. The van der Waals surface area contributed by atoms with E-state index in [-0.39, 0.29) is 0 Å². The Morgan fingerprint density at radius 3 is 1.60 bits per heavy atom. The quantitative estimate of drug-likeness (QED) is 0.282. The van der Waals surface area contributed by atoms with Crippen molar-refractivity contribution in [3.63, 3.8) is 0 Å². The minimum atomic E-state index is 0.488. The number of ether oxygens (including phenoxy) is 1. The molecule has 0 unspecified atom stereocenters. The number of para-hydroxylation sites is 2. The van der Waals surface area contributed by atoms with Crippen LogP contribution in [0.5, 0.6) is 5.75 Å². The molecule has 4 aromatic rings. The number of hydrogen-bond donors (Lipinski definition) is 2. The van der Waals surface area contributed by atoms with Gasteiger partial charge in [0.05, 0.1) is 7.11 Å². The van der Waals surface area contributed by atoms with Crippen LogP contribution in [0.4, 0.5) is 29.0 Å². The largest absolute Gasteiger partial charge is 0.497 e. The van der Waals surface area contributed by atoms with Gasteiger partial charge in [-0.2, -0.15) is 9.97 Å². The number of methoxy groups -OCH3 is 1. The van der Waals surface area contributed by atoms with Crippen LogP contribution >= 0.6 is 12.2 Å². The van der Waals surface area contributed by atoms with Crippen molar-refractivity contribution in [2.45, 2.75) is 6.54 Å². The molecule has 3 heterocycles. The Kier molecular flexibility index (Phi) is 9.03. The zero-order chi connectivity index (χ0) is 29.4. The molecule has 0 bridgehead atoms. The molecule has 6 rings (SSSR count). The van der Waals surface area contributed by atoms with Gasteiger partial charge >= 0.3 is 0 Å². The Balaban J connectivity index is 1.16. The molecule has 0 radical (unpaired) electrons. The lowest BCUT2D eigenvalue weighted by molar-refractivity contribution is 0.414. The molecule has 9 nitrogen and oxygen atoms in total. The van der Waals surface area contributed by atoms with Gasteiger partial charge in [-0.25, -0.2) is 0 Å². The second kappa shape index (κ2) is 13.6. The van der Waals surface area contributed by atoms with E-state index in [1.807, 2.05) is 24.3 Å². The van der Waals surface area contributed by atoms with Crippen LogP contribution in [0.1, 0.15) is 5.56 Å². The van der Waals surface area contributed by atoms with Gasteiger partial charge in [-0.1, -0.05) is 48.5 Å². The molecule has 2 aliphatic heterocycles. The van der Waals surface area contributed by atoms with Gasteiger partial charge in [-0.3, -0.25) is 0 Å². The summed E-state index contributed by atoms with van der Waals surface area (Å²) in [5.41, 5.74) is 3.63. The average Bonchev–Trinajstić information content (AvgIpc) is 3.08. The van der Waals surface area contributed by atoms with E-state index in [2.05, 4.69) is 97.0 Å². The predicted molar refractivity (Wildman–Crippen MR) is 180 cm³/mol. The minimum absolute atomic E-state index is 0.488. The Morgan fingerprint density at radius 2 is 1.14 bits per heavy atom. The summed E-state index contributed by atoms with van der Waals surface area (Å²) < 4.78 is 5.26. The number of rotatable bonds is 8. The molecular formula is C33H38N8OS. The normalized spacial score (nSPS) is 15.3. The van der Waals surface area contributed by atoms with Crippen LogP contribution in [0.25, 0.3) is 0 Å². The van der Waals surface area contributed by atoms with Crippen molar-refractivity contribution in [3.05, 3.63) is 96.6 Å². The first-order valence-electron chi connectivity index (χ1n) is 14.8. The van der Waals surface area contributed by atoms with Crippen LogP contribution in [0.2, 0.25) is 0 Å². The molecule has 0 spiro atoms. The lowest BCUT2D eigenvalue weighted by Crippen LogP contribution is -2.48. The lowest BCUT2D eigenvalue weighted by Gasteiger charge is -2.38. The molecule has 0 amide bonds. The van der Waals surface area contributed by atoms with Crippen molar-refractivity contribution in [2.24, 2.45) is 0 Å². The van der Waals surface area contributed by atoms with Gasteiger partial charge in [-0.15, -0.1) is 0 Å². The van der Waals surface area contributed by atoms with Gasteiger partial charge in [0.15, 0.2) is 5.11 Å². The summed E-state index contributed by atoms with van der Waals surface area (Å²) in [5.74, 6) is 3.18. The first-order chi connectivity index (χ1) is 21.1. The Labute approximate surface area is 259 Å². The van der Waals surface area contributed by atoms with E-state index in [9.17, 15) is 0 Å². The SMILES string of the molecule is COc1ccc(CNC(=S)Nc2nc(N3CCN(c4ccccc4)CC3)cc(N3CCN(c4ccccc4)CC3)n2)cc1. The van der Waals surface area contributed by atoms with Crippen LogP contribution in [0, 0.1) is 0 Å². The maximum Gasteiger partial charge on any atom is 0.232 e. The molecule has 0 aliphatic carbocycles. The maximum atomic E-state index is 5.65. The third-order valence-corrected chi connectivity index (χ3v) is 8.23. The number of nitrogens with one attached hydrogen (secondary N) is 2. The first-order valence-corrected chi connectivity index (χ1v) is 15.2. The standard InChI is InChI=1S/C33H38N8OS/c1-42-29-14-12-26(13-15-29)25-34-33(43)37-32-35-30(40-20-16-38(17-21-40)27-8-4-2-5-9-27)24-31(36-32)41-22-18-39(19-23-41)28-10-6-3-7-11-28/h2-15,24H,16-23,25H2,1H3,(H2,34,35,36,37,43). The third kappa shape index (κ3) is 7.26. The number of nitrogens with zero attached hydrogens (tertiary/aromatic N) is 6. The number of anilines is 5. The highest BCUT2D eigenvalue weighted by Crippen LogP contribution is 2.26. The highest BCUT2D eigenvalue weighted by Gasteiger charge is 2.23. The predicted octanol–water partition coefficient (Wildman–Crippen LogP) is 4.63. The number of thiocarbonyl (C=S) groups is 1. The van der Waals surface area contributed by atoms with Crippen molar-refractivity contribution in [1.29, 1.82) is 0 Å². The summed E-state index contributed by atoms with van der Waals surface area (Å²) in [6.45, 7) is 7.85. The molecule has 2 aliphatic rings. The Morgan fingerprint density at radius 1 is 0.674 bits per heavy atom. The van der Waals surface area contributed by atoms with E-state index in [1.165, 1.54) is 11.4 Å². The summed E-state index contributed by atoms with van der Waals surface area (Å²) in [7, 11) is 1.67. The highest BCUT2D eigenvalue weighted by molar-refractivity contribution is 7.80. The molecule has 1 aromatic heterocycles. The maximum absolute atomic E-state index is 5.65. The zero-order valence-corrected chi connectivity index (χ0v) is 25.3. The number of hydrogen-bond acceptors (Lipinski definition) is 8.